The highest BCUT2D eigenvalue weighted by molar-refractivity contribution is 6.37. The van der Waals surface area contributed by atoms with Crippen LogP contribution in [0.1, 0.15) is 6.42 Å². The van der Waals surface area contributed by atoms with Crippen LogP contribution in [-0.4, -0.2) is 23.4 Å². The minimum atomic E-state index is -1.44. The molecule has 0 aromatic rings. The molecule has 4 nitrogen and oxygen atoms in total. The Morgan fingerprint density at radius 3 is 2.50 bits per heavy atom. The van der Waals surface area contributed by atoms with Crippen molar-refractivity contribution in [2.24, 2.45) is 5.73 Å². The maximum absolute atomic E-state index is 10.3. The summed E-state index contributed by atoms with van der Waals surface area (Å²) >= 11 is 0. The van der Waals surface area contributed by atoms with E-state index >= 15 is 0 Å². The summed E-state index contributed by atoms with van der Waals surface area (Å²) < 4.78 is 0. The predicted octanol–water partition coefficient (Wildman–Crippen LogP) is -0.455. The Balaban J connectivity index is 3.67. The van der Waals surface area contributed by atoms with Crippen LogP contribution in [0.2, 0.25) is 0 Å². The molecule has 0 aromatic heterocycles. The van der Waals surface area contributed by atoms with E-state index in [4.69, 9.17) is 10.8 Å². The first-order chi connectivity index (χ1) is 4.68. The van der Waals surface area contributed by atoms with Crippen molar-refractivity contribution in [1.82, 2.24) is 0 Å². The van der Waals surface area contributed by atoms with Crippen molar-refractivity contribution in [1.29, 1.82) is 0 Å². The highest BCUT2D eigenvalue weighted by atomic mass is 16.4. The van der Waals surface area contributed by atoms with Crippen molar-refractivity contribution in [3.8, 4) is 0 Å². The van der Waals surface area contributed by atoms with Crippen molar-refractivity contribution in [2.45, 2.75) is 6.42 Å². The number of ketones is 1. The highest BCUT2D eigenvalue weighted by Crippen LogP contribution is 1.81. The fourth-order valence-electron chi connectivity index (χ4n) is 0.358. The van der Waals surface area contributed by atoms with Gasteiger partial charge in [0.15, 0.2) is 0 Å². The SMILES string of the molecule is NCC/C=C/C(=O)C(=O)O. The quantitative estimate of drug-likeness (QED) is 0.412. The molecule has 0 fully saturated rings. The summed E-state index contributed by atoms with van der Waals surface area (Å²) in [7, 11) is 0. The van der Waals surface area contributed by atoms with Crippen LogP contribution in [0.5, 0.6) is 0 Å². The van der Waals surface area contributed by atoms with Crippen LogP contribution in [0.3, 0.4) is 0 Å². The number of carboxylic acid groups (broad SMARTS) is 1. The summed E-state index contributed by atoms with van der Waals surface area (Å²) in [4.78, 5) is 20.2. The number of nitrogens with two attached hydrogens (primary N) is 1. The van der Waals surface area contributed by atoms with Crippen molar-refractivity contribution in [3.05, 3.63) is 12.2 Å². The zero-order chi connectivity index (χ0) is 7.98. The molecular formula is C6H9NO3. The predicted molar refractivity (Wildman–Crippen MR) is 35.5 cm³/mol. The maximum atomic E-state index is 10.3. The van der Waals surface area contributed by atoms with E-state index in [9.17, 15) is 9.59 Å². The average molecular weight is 143 g/mol. The molecule has 0 bridgehead atoms. The molecule has 0 saturated carbocycles. The first kappa shape index (κ1) is 8.84. The van der Waals surface area contributed by atoms with Gasteiger partial charge >= 0.3 is 5.97 Å². The third-order valence-electron chi connectivity index (χ3n) is 0.813. The largest absolute Gasteiger partial charge is 0.475 e. The third-order valence-corrected chi connectivity index (χ3v) is 0.813. The molecule has 0 aliphatic carbocycles. The molecule has 0 aliphatic rings. The lowest BCUT2D eigenvalue weighted by molar-refractivity contribution is -0.146. The molecule has 10 heavy (non-hydrogen) atoms. The smallest absolute Gasteiger partial charge is 0.376 e. The van der Waals surface area contributed by atoms with E-state index in [0.29, 0.717) is 13.0 Å². The molecule has 0 heterocycles. The lowest BCUT2D eigenvalue weighted by Gasteiger charge is -1.83. The summed E-state index contributed by atoms with van der Waals surface area (Å²) in [5.41, 5.74) is 5.08. The second kappa shape index (κ2) is 4.69. The minimum Gasteiger partial charge on any atom is -0.475 e. The number of carbonyl (C=O) groups excluding carboxylic acids is 1. The van der Waals surface area contributed by atoms with Gasteiger partial charge in [0.05, 0.1) is 0 Å². The van der Waals surface area contributed by atoms with Gasteiger partial charge in [-0.3, -0.25) is 4.79 Å². The molecule has 0 aromatic carbocycles. The van der Waals surface area contributed by atoms with E-state index in [0.717, 1.165) is 6.08 Å². The molecule has 0 spiro atoms. The Bertz CT molecular complexity index is 162. The van der Waals surface area contributed by atoms with Crippen molar-refractivity contribution < 1.29 is 14.7 Å². The number of rotatable bonds is 4. The van der Waals surface area contributed by atoms with Gasteiger partial charge in [-0.25, -0.2) is 4.79 Å². The molecule has 0 rings (SSSR count). The van der Waals surface area contributed by atoms with Crippen molar-refractivity contribution in [2.75, 3.05) is 6.54 Å². The Kier molecular flexibility index (Phi) is 4.15. The van der Waals surface area contributed by atoms with Gasteiger partial charge in [0.2, 0.25) is 0 Å². The number of hydrogen-bond donors (Lipinski definition) is 2. The maximum Gasteiger partial charge on any atom is 0.376 e. The second-order valence-corrected chi connectivity index (χ2v) is 1.65. The van der Waals surface area contributed by atoms with Crippen LogP contribution in [0, 0.1) is 0 Å². The molecule has 0 radical (unpaired) electrons. The highest BCUT2D eigenvalue weighted by Gasteiger charge is 2.04. The zero-order valence-electron chi connectivity index (χ0n) is 5.41. The van der Waals surface area contributed by atoms with Gasteiger partial charge in [-0.2, -0.15) is 0 Å². The topological polar surface area (TPSA) is 80.4 Å². The zero-order valence-corrected chi connectivity index (χ0v) is 5.41. The molecule has 4 heteroatoms. The number of carboxylic acids is 1. The lowest BCUT2D eigenvalue weighted by atomic mass is 10.3. The van der Waals surface area contributed by atoms with E-state index in [2.05, 4.69) is 0 Å². The van der Waals surface area contributed by atoms with E-state index in [1.54, 1.807) is 0 Å². The third kappa shape index (κ3) is 3.80. The van der Waals surface area contributed by atoms with Gasteiger partial charge in [0.1, 0.15) is 0 Å². The van der Waals surface area contributed by atoms with Crippen molar-refractivity contribution >= 4 is 11.8 Å². The van der Waals surface area contributed by atoms with Crippen LogP contribution in [-0.2, 0) is 9.59 Å². The monoisotopic (exact) mass is 143 g/mol. The average Bonchev–Trinajstić information content (AvgIpc) is 1.88. The molecule has 0 atom stereocenters. The molecule has 3 N–H and O–H groups in total. The Labute approximate surface area is 58.3 Å². The second-order valence-electron chi connectivity index (χ2n) is 1.65. The van der Waals surface area contributed by atoms with Gasteiger partial charge in [-0.05, 0) is 19.0 Å². The van der Waals surface area contributed by atoms with Gasteiger partial charge < -0.3 is 10.8 Å². The molecule has 0 amide bonds. The molecule has 0 saturated heterocycles. The fourth-order valence-corrected chi connectivity index (χ4v) is 0.358. The van der Waals surface area contributed by atoms with Crippen LogP contribution in [0.15, 0.2) is 12.2 Å². The van der Waals surface area contributed by atoms with Gasteiger partial charge in [0, 0.05) is 0 Å². The van der Waals surface area contributed by atoms with E-state index in [-0.39, 0.29) is 0 Å². The number of carbonyl (C=O) groups is 2. The van der Waals surface area contributed by atoms with Crippen LogP contribution < -0.4 is 5.73 Å². The van der Waals surface area contributed by atoms with Crippen LogP contribution in [0.25, 0.3) is 0 Å². The van der Waals surface area contributed by atoms with Gasteiger partial charge in [0.25, 0.3) is 5.78 Å². The van der Waals surface area contributed by atoms with Crippen LogP contribution >= 0.6 is 0 Å². The number of aliphatic carboxylic acids is 1. The van der Waals surface area contributed by atoms with E-state index in [1.165, 1.54) is 6.08 Å². The Morgan fingerprint density at radius 2 is 2.10 bits per heavy atom. The summed E-state index contributed by atoms with van der Waals surface area (Å²) in [6, 6.07) is 0. The Hall–Kier alpha value is -1.16. The van der Waals surface area contributed by atoms with Crippen molar-refractivity contribution in [3.63, 3.8) is 0 Å². The Morgan fingerprint density at radius 1 is 1.50 bits per heavy atom. The lowest BCUT2D eigenvalue weighted by Crippen LogP contribution is -2.08. The molecular weight excluding hydrogens is 134 g/mol. The summed E-state index contributed by atoms with van der Waals surface area (Å²) in [6.45, 7) is 0.420. The first-order valence-corrected chi connectivity index (χ1v) is 2.82. The molecule has 56 valence electrons. The minimum absolute atomic E-state index is 0.420. The molecule has 0 unspecified atom stereocenters. The van der Waals surface area contributed by atoms with Gasteiger partial charge in [-0.15, -0.1) is 0 Å². The summed E-state index contributed by atoms with van der Waals surface area (Å²) in [6.07, 6.45) is 2.98. The summed E-state index contributed by atoms with van der Waals surface area (Å²) in [5.74, 6) is -2.35. The van der Waals surface area contributed by atoms with Crippen LogP contribution in [0.4, 0.5) is 0 Å². The summed E-state index contributed by atoms with van der Waals surface area (Å²) in [5, 5.41) is 8.05. The van der Waals surface area contributed by atoms with E-state index < -0.39 is 11.8 Å². The molecule has 0 aliphatic heterocycles. The first-order valence-electron chi connectivity index (χ1n) is 2.82. The van der Waals surface area contributed by atoms with Gasteiger partial charge in [-0.1, -0.05) is 6.08 Å². The normalized spacial score (nSPS) is 10.1. The standard InChI is InChI=1S/C6H9NO3/c7-4-2-1-3-5(8)6(9)10/h1,3H,2,4,7H2,(H,9,10)/b3-1+. The fraction of sp³-hybridized carbons (Fsp3) is 0.333. The van der Waals surface area contributed by atoms with E-state index in [1.807, 2.05) is 0 Å². The number of hydrogen-bond acceptors (Lipinski definition) is 3.